The monoisotopic (exact) mass is 261 g/mol. The second-order valence-electron chi connectivity index (χ2n) is 4.58. The van der Waals surface area contributed by atoms with Gasteiger partial charge in [-0.25, -0.2) is 0 Å². The largest absolute Gasteiger partial charge is 0.485 e. The molecule has 2 N–H and O–H groups in total. The van der Waals surface area contributed by atoms with Gasteiger partial charge in [0.25, 0.3) is 0 Å². The molecule has 0 aliphatic rings. The van der Waals surface area contributed by atoms with Gasteiger partial charge < -0.3 is 15.0 Å². The number of benzene rings is 1. The third-order valence-corrected chi connectivity index (χ3v) is 2.67. The van der Waals surface area contributed by atoms with E-state index in [0.29, 0.717) is 18.3 Å². The normalized spacial score (nSPS) is 12.3. The molecule has 0 aliphatic carbocycles. The highest BCUT2D eigenvalue weighted by molar-refractivity contribution is 5.20. The zero-order chi connectivity index (χ0) is 13.5. The number of aromatic nitrogens is 2. The van der Waals surface area contributed by atoms with E-state index in [9.17, 15) is 0 Å². The Morgan fingerprint density at radius 1 is 1.32 bits per heavy atom. The average Bonchev–Trinajstić information content (AvgIpc) is 2.85. The van der Waals surface area contributed by atoms with Crippen LogP contribution in [0.4, 0.5) is 0 Å². The van der Waals surface area contributed by atoms with Crippen LogP contribution >= 0.6 is 0 Å². The number of rotatable bonds is 7. The summed E-state index contributed by atoms with van der Waals surface area (Å²) in [6, 6.07) is 9.78. The Labute approximate surface area is 112 Å². The van der Waals surface area contributed by atoms with Crippen LogP contribution in [-0.2, 0) is 13.0 Å². The number of nitrogens with two attached hydrogens (primary N) is 1. The Bertz CT molecular complexity index is 482. The fourth-order valence-electron chi connectivity index (χ4n) is 1.69. The molecule has 1 aromatic carbocycles. The average molecular weight is 261 g/mol. The summed E-state index contributed by atoms with van der Waals surface area (Å²) in [6.07, 6.45) is 2.68. The van der Waals surface area contributed by atoms with E-state index >= 15 is 0 Å². The quantitative estimate of drug-likeness (QED) is 0.828. The molecular weight excluding hydrogens is 242 g/mol. The molecular formula is C14H19N3O2. The minimum Gasteiger partial charge on any atom is -0.485 e. The Kier molecular flexibility index (Phi) is 4.92. The summed E-state index contributed by atoms with van der Waals surface area (Å²) in [4.78, 5) is 4.28. The summed E-state index contributed by atoms with van der Waals surface area (Å²) in [7, 11) is 0. The van der Waals surface area contributed by atoms with Crippen molar-refractivity contribution in [3.8, 4) is 5.75 Å². The summed E-state index contributed by atoms with van der Waals surface area (Å²) in [5.41, 5.74) is 5.69. The molecule has 2 rings (SSSR count). The maximum Gasteiger partial charge on any atom is 0.226 e. The van der Waals surface area contributed by atoms with Crippen molar-refractivity contribution >= 4 is 0 Å². The van der Waals surface area contributed by atoms with Gasteiger partial charge in [-0.1, -0.05) is 23.4 Å². The number of para-hydroxylation sites is 1. The first-order chi connectivity index (χ1) is 9.24. The molecule has 0 saturated heterocycles. The molecule has 0 aliphatic heterocycles. The SMILES string of the molecule is CC(N)CCCc1nc(COc2ccccc2)no1. The zero-order valence-corrected chi connectivity index (χ0v) is 11.1. The van der Waals surface area contributed by atoms with Gasteiger partial charge >= 0.3 is 0 Å². The van der Waals surface area contributed by atoms with Crippen molar-refractivity contribution in [2.45, 2.75) is 38.8 Å². The fourth-order valence-corrected chi connectivity index (χ4v) is 1.69. The maximum atomic E-state index is 5.69. The molecule has 0 spiro atoms. The highest BCUT2D eigenvalue weighted by Crippen LogP contribution is 2.11. The van der Waals surface area contributed by atoms with Gasteiger partial charge in [0.2, 0.25) is 11.7 Å². The van der Waals surface area contributed by atoms with Gasteiger partial charge in [0.05, 0.1) is 0 Å². The lowest BCUT2D eigenvalue weighted by Crippen LogP contribution is -2.14. The van der Waals surface area contributed by atoms with Crippen LogP contribution in [0.25, 0.3) is 0 Å². The van der Waals surface area contributed by atoms with Gasteiger partial charge in [0, 0.05) is 12.5 Å². The molecule has 0 bridgehead atoms. The lowest BCUT2D eigenvalue weighted by Gasteiger charge is -2.01. The van der Waals surface area contributed by atoms with Crippen LogP contribution in [0.1, 0.15) is 31.5 Å². The summed E-state index contributed by atoms with van der Waals surface area (Å²) in [5, 5.41) is 3.89. The van der Waals surface area contributed by atoms with Crippen molar-refractivity contribution in [1.82, 2.24) is 10.1 Å². The molecule has 0 amide bonds. The van der Waals surface area contributed by atoms with Crippen molar-refractivity contribution in [2.24, 2.45) is 5.73 Å². The van der Waals surface area contributed by atoms with Crippen LogP contribution in [-0.4, -0.2) is 16.2 Å². The molecule has 2 aromatic rings. The number of nitrogens with zero attached hydrogens (tertiary/aromatic N) is 2. The van der Waals surface area contributed by atoms with E-state index < -0.39 is 0 Å². The third-order valence-electron chi connectivity index (χ3n) is 2.67. The topological polar surface area (TPSA) is 74.2 Å². The van der Waals surface area contributed by atoms with Crippen molar-refractivity contribution in [2.75, 3.05) is 0 Å². The number of ether oxygens (including phenoxy) is 1. The smallest absolute Gasteiger partial charge is 0.226 e. The van der Waals surface area contributed by atoms with Gasteiger partial charge in [-0.05, 0) is 31.9 Å². The second-order valence-corrected chi connectivity index (χ2v) is 4.58. The number of hydrogen-bond donors (Lipinski definition) is 1. The predicted molar refractivity (Wildman–Crippen MR) is 71.7 cm³/mol. The van der Waals surface area contributed by atoms with Gasteiger partial charge in [0.15, 0.2) is 6.61 Å². The Balaban J connectivity index is 1.77. The molecule has 19 heavy (non-hydrogen) atoms. The lowest BCUT2D eigenvalue weighted by molar-refractivity contribution is 0.285. The standard InChI is InChI=1S/C14H19N3O2/c1-11(15)6-5-9-14-16-13(17-19-14)10-18-12-7-3-2-4-8-12/h2-4,7-8,11H,5-6,9-10,15H2,1H3. The van der Waals surface area contributed by atoms with E-state index in [4.69, 9.17) is 15.0 Å². The molecule has 1 aromatic heterocycles. The molecule has 0 saturated carbocycles. The molecule has 1 unspecified atom stereocenters. The Hall–Kier alpha value is -1.88. The molecule has 0 fully saturated rings. The fraction of sp³-hybridized carbons (Fsp3) is 0.429. The first kappa shape index (κ1) is 13.5. The summed E-state index contributed by atoms with van der Waals surface area (Å²) in [5.74, 6) is 2.01. The van der Waals surface area contributed by atoms with Crippen LogP contribution in [0.15, 0.2) is 34.9 Å². The van der Waals surface area contributed by atoms with Gasteiger partial charge in [-0.15, -0.1) is 0 Å². The summed E-state index contributed by atoms with van der Waals surface area (Å²) < 4.78 is 10.7. The van der Waals surface area contributed by atoms with Crippen LogP contribution in [0.3, 0.4) is 0 Å². The van der Waals surface area contributed by atoms with E-state index in [0.717, 1.165) is 25.0 Å². The Morgan fingerprint density at radius 2 is 2.11 bits per heavy atom. The number of hydrogen-bond acceptors (Lipinski definition) is 5. The molecule has 5 heteroatoms. The van der Waals surface area contributed by atoms with E-state index in [1.165, 1.54) is 0 Å². The molecule has 102 valence electrons. The third kappa shape index (κ3) is 4.71. The van der Waals surface area contributed by atoms with Crippen LogP contribution in [0, 0.1) is 0 Å². The van der Waals surface area contributed by atoms with Gasteiger partial charge in [-0.3, -0.25) is 0 Å². The van der Waals surface area contributed by atoms with E-state index in [-0.39, 0.29) is 6.04 Å². The van der Waals surface area contributed by atoms with Crippen molar-refractivity contribution < 1.29 is 9.26 Å². The lowest BCUT2D eigenvalue weighted by atomic mass is 10.1. The van der Waals surface area contributed by atoms with E-state index in [2.05, 4.69) is 10.1 Å². The minimum absolute atomic E-state index is 0.212. The minimum atomic E-state index is 0.212. The first-order valence-electron chi connectivity index (χ1n) is 6.49. The molecule has 1 atom stereocenters. The second kappa shape index (κ2) is 6.89. The van der Waals surface area contributed by atoms with Crippen LogP contribution in [0.2, 0.25) is 0 Å². The van der Waals surface area contributed by atoms with Crippen molar-refractivity contribution in [1.29, 1.82) is 0 Å². The Morgan fingerprint density at radius 3 is 2.84 bits per heavy atom. The first-order valence-corrected chi connectivity index (χ1v) is 6.49. The van der Waals surface area contributed by atoms with E-state index in [1.807, 2.05) is 37.3 Å². The van der Waals surface area contributed by atoms with E-state index in [1.54, 1.807) is 0 Å². The summed E-state index contributed by atoms with van der Waals surface area (Å²) >= 11 is 0. The molecule has 1 heterocycles. The highest BCUT2D eigenvalue weighted by atomic mass is 16.5. The number of aryl methyl sites for hydroxylation is 1. The molecule has 0 radical (unpaired) electrons. The van der Waals surface area contributed by atoms with Crippen molar-refractivity contribution in [3.63, 3.8) is 0 Å². The van der Waals surface area contributed by atoms with Crippen LogP contribution < -0.4 is 10.5 Å². The highest BCUT2D eigenvalue weighted by Gasteiger charge is 2.07. The van der Waals surface area contributed by atoms with Gasteiger partial charge in [-0.2, -0.15) is 4.98 Å². The summed E-state index contributed by atoms with van der Waals surface area (Å²) in [6.45, 7) is 2.31. The zero-order valence-electron chi connectivity index (χ0n) is 11.1. The predicted octanol–water partition coefficient (Wildman–Crippen LogP) is 2.32. The van der Waals surface area contributed by atoms with Crippen molar-refractivity contribution in [3.05, 3.63) is 42.0 Å². The van der Waals surface area contributed by atoms with Gasteiger partial charge in [0.1, 0.15) is 5.75 Å². The molecule has 5 nitrogen and oxygen atoms in total. The maximum absolute atomic E-state index is 5.69. The van der Waals surface area contributed by atoms with Crippen LogP contribution in [0.5, 0.6) is 5.75 Å².